The summed E-state index contributed by atoms with van der Waals surface area (Å²) in [4.78, 5) is 6.88. The lowest BCUT2D eigenvalue weighted by Gasteiger charge is -2.26. The van der Waals surface area contributed by atoms with Crippen LogP contribution < -0.4 is 14.8 Å². The number of nitrogens with zero attached hydrogens (tertiary/aromatic N) is 3. The highest BCUT2D eigenvalue weighted by atomic mass is 35.5. The molecule has 0 saturated carbocycles. The first-order valence-electron chi connectivity index (χ1n) is 12.8. The molecule has 4 rings (SSSR count). The molecule has 200 valence electrons. The smallest absolute Gasteiger partial charge is 0.212 e. The van der Waals surface area contributed by atoms with Crippen molar-refractivity contribution in [3.63, 3.8) is 0 Å². The van der Waals surface area contributed by atoms with Gasteiger partial charge in [-0.2, -0.15) is 5.10 Å². The van der Waals surface area contributed by atoms with Gasteiger partial charge in [-0.15, -0.1) is 0 Å². The molecule has 3 N–H and O–H groups in total. The summed E-state index contributed by atoms with van der Waals surface area (Å²) in [5, 5.41) is 11.2. The van der Waals surface area contributed by atoms with Gasteiger partial charge in [0.15, 0.2) is 17.8 Å². The molecular formula is C26H35ClN6O3S. The predicted molar refractivity (Wildman–Crippen MR) is 147 cm³/mol. The lowest BCUT2D eigenvalue weighted by molar-refractivity contribution is 0.200. The number of hydrogen-bond acceptors (Lipinski definition) is 7. The topological polar surface area (TPSA) is 112 Å². The van der Waals surface area contributed by atoms with Gasteiger partial charge in [0.2, 0.25) is 10.0 Å². The van der Waals surface area contributed by atoms with Gasteiger partial charge < -0.3 is 15.0 Å². The molecule has 0 aliphatic carbocycles. The molecule has 37 heavy (non-hydrogen) atoms. The zero-order chi connectivity index (χ0) is 26.3. The van der Waals surface area contributed by atoms with E-state index in [2.05, 4.69) is 44.0 Å². The lowest BCUT2D eigenvalue weighted by Crippen LogP contribution is -2.33. The van der Waals surface area contributed by atoms with Gasteiger partial charge in [-0.3, -0.25) is 5.10 Å². The van der Waals surface area contributed by atoms with E-state index in [1.54, 1.807) is 12.1 Å². The molecule has 0 spiro atoms. The molecule has 0 radical (unpaired) electrons. The van der Waals surface area contributed by atoms with E-state index in [0.29, 0.717) is 48.2 Å². The first-order valence-corrected chi connectivity index (χ1v) is 14.8. The van der Waals surface area contributed by atoms with Crippen LogP contribution in [0.1, 0.15) is 56.0 Å². The molecule has 0 fully saturated rings. The van der Waals surface area contributed by atoms with Gasteiger partial charge in [0, 0.05) is 11.1 Å². The van der Waals surface area contributed by atoms with Crippen LogP contribution >= 0.6 is 11.6 Å². The van der Waals surface area contributed by atoms with E-state index in [0.717, 1.165) is 30.9 Å². The Morgan fingerprint density at radius 2 is 1.97 bits per heavy atom. The number of H-pyrrole nitrogens is 1. The van der Waals surface area contributed by atoms with Crippen LogP contribution in [0.3, 0.4) is 0 Å². The summed E-state index contributed by atoms with van der Waals surface area (Å²) < 4.78 is 35.0. The fourth-order valence-electron chi connectivity index (χ4n) is 4.37. The maximum atomic E-state index is 13.0. The number of benzene rings is 2. The van der Waals surface area contributed by atoms with Crippen molar-refractivity contribution in [3.05, 3.63) is 70.8 Å². The van der Waals surface area contributed by atoms with Gasteiger partial charge in [0.05, 0.1) is 24.0 Å². The van der Waals surface area contributed by atoms with Gasteiger partial charge in [0.25, 0.3) is 0 Å². The third-order valence-electron chi connectivity index (χ3n) is 6.50. The van der Waals surface area contributed by atoms with E-state index in [1.807, 2.05) is 36.4 Å². The number of nitrogens with one attached hydrogen (secondary N) is 3. The zero-order valence-corrected chi connectivity index (χ0v) is 22.9. The molecule has 0 saturated heterocycles. The molecule has 9 nitrogen and oxygen atoms in total. The third kappa shape index (κ3) is 7.67. The number of ether oxygens (including phenoxy) is 1. The zero-order valence-electron chi connectivity index (χ0n) is 21.3. The second-order valence-electron chi connectivity index (χ2n) is 9.10. The maximum Gasteiger partial charge on any atom is 0.212 e. The molecule has 2 atom stereocenters. The van der Waals surface area contributed by atoms with Crippen molar-refractivity contribution in [1.82, 2.24) is 24.8 Å². The molecule has 3 aromatic rings. The van der Waals surface area contributed by atoms with Crippen molar-refractivity contribution < 1.29 is 13.2 Å². The number of halogens is 1. The molecule has 0 amide bonds. The van der Waals surface area contributed by atoms with Crippen LogP contribution in [-0.4, -0.2) is 60.4 Å². The van der Waals surface area contributed by atoms with Crippen LogP contribution in [0.4, 0.5) is 5.69 Å². The van der Waals surface area contributed by atoms with Crippen molar-refractivity contribution in [2.75, 3.05) is 37.2 Å². The Hall–Kier alpha value is -2.66. The molecule has 2 heterocycles. The third-order valence-corrected chi connectivity index (χ3v) is 8.20. The fraction of sp³-hybridized carbons (Fsp3) is 0.462. The van der Waals surface area contributed by atoms with E-state index < -0.39 is 22.2 Å². The highest BCUT2D eigenvalue weighted by molar-refractivity contribution is 7.89. The Morgan fingerprint density at radius 3 is 2.73 bits per heavy atom. The number of aromatic amines is 1. The summed E-state index contributed by atoms with van der Waals surface area (Å²) in [6.07, 6.45) is 1.36. The number of sulfonamides is 1. The summed E-state index contributed by atoms with van der Waals surface area (Å²) >= 11 is 6.12. The molecule has 1 aromatic heterocycles. The van der Waals surface area contributed by atoms with E-state index in [9.17, 15) is 8.42 Å². The summed E-state index contributed by atoms with van der Waals surface area (Å²) in [5.41, 5.74) is 1.98. The van der Waals surface area contributed by atoms with E-state index in [1.165, 1.54) is 0 Å². The Bertz CT molecular complexity index is 1250. The van der Waals surface area contributed by atoms with Crippen LogP contribution in [0.5, 0.6) is 5.75 Å². The second-order valence-corrected chi connectivity index (χ2v) is 11.4. The van der Waals surface area contributed by atoms with Gasteiger partial charge in [-0.05, 0) is 56.6 Å². The van der Waals surface area contributed by atoms with Crippen molar-refractivity contribution in [2.24, 2.45) is 0 Å². The number of rotatable bonds is 13. The van der Waals surface area contributed by atoms with Gasteiger partial charge in [-0.1, -0.05) is 55.8 Å². The van der Waals surface area contributed by atoms with Crippen molar-refractivity contribution in [3.8, 4) is 5.75 Å². The largest absolute Gasteiger partial charge is 0.478 e. The monoisotopic (exact) mass is 546 g/mol. The first kappa shape index (κ1) is 27.4. The summed E-state index contributed by atoms with van der Waals surface area (Å²) in [5.74, 6) is 1.61. The SMILES string of the molecule is CCN(CC)CCCS(=O)(=O)N[C@H](CCc1ccccc1)c1n[nH]c(C2CNc3ccc(Cl)cc3O2)n1. The Morgan fingerprint density at radius 1 is 1.19 bits per heavy atom. The number of aromatic nitrogens is 3. The number of fused-ring (bicyclic) bond motifs is 1. The van der Waals surface area contributed by atoms with Crippen LogP contribution in [0, 0.1) is 0 Å². The highest BCUT2D eigenvalue weighted by Gasteiger charge is 2.28. The molecule has 11 heteroatoms. The summed E-state index contributed by atoms with van der Waals surface area (Å²) in [7, 11) is -3.53. The van der Waals surface area contributed by atoms with Gasteiger partial charge in [0.1, 0.15) is 5.75 Å². The Balaban J connectivity index is 1.47. The average molecular weight is 547 g/mol. The quantitative estimate of drug-likeness (QED) is 0.292. The van der Waals surface area contributed by atoms with Crippen LogP contribution in [-0.2, 0) is 16.4 Å². The second kappa shape index (κ2) is 12.7. The molecule has 1 aliphatic heterocycles. The average Bonchev–Trinajstić information content (AvgIpc) is 3.39. The number of anilines is 1. The van der Waals surface area contributed by atoms with Gasteiger partial charge in [-0.25, -0.2) is 18.1 Å². The van der Waals surface area contributed by atoms with E-state index in [4.69, 9.17) is 16.3 Å². The molecular weight excluding hydrogens is 512 g/mol. The lowest BCUT2D eigenvalue weighted by atomic mass is 10.1. The minimum absolute atomic E-state index is 0.0514. The van der Waals surface area contributed by atoms with Gasteiger partial charge >= 0.3 is 0 Å². The normalized spacial score (nSPS) is 16.2. The minimum atomic E-state index is -3.53. The van der Waals surface area contributed by atoms with Crippen LogP contribution in [0.2, 0.25) is 5.02 Å². The highest BCUT2D eigenvalue weighted by Crippen LogP contribution is 2.35. The minimum Gasteiger partial charge on any atom is -0.478 e. The van der Waals surface area contributed by atoms with Crippen molar-refractivity contribution in [2.45, 2.75) is 45.3 Å². The maximum absolute atomic E-state index is 13.0. The molecule has 1 aliphatic rings. The Kier molecular flexibility index (Phi) is 9.42. The van der Waals surface area contributed by atoms with Crippen molar-refractivity contribution >= 4 is 27.3 Å². The Labute approximate surface area is 224 Å². The predicted octanol–water partition coefficient (Wildman–Crippen LogP) is 4.33. The van der Waals surface area contributed by atoms with Crippen LogP contribution in [0.25, 0.3) is 0 Å². The van der Waals surface area contributed by atoms with Crippen molar-refractivity contribution in [1.29, 1.82) is 0 Å². The van der Waals surface area contributed by atoms with E-state index >= 15 is 0 Å². The van der Waals surface area contributed by atoms with Crippen LogP contribution in [0.15, 0.2) is 48.5 Å². The standard InChI is InChI=1S/C26H35ClN6O3S/c1-3-33(4-2)15-8-16-37(34,35)32-22(13-11-19-9-6-5-7-10-19)25-29-26(31-30-25)24-18-28-21-14-12-20(27)17-23(21)36-24/h5-7,9-10,12,14,17,22,24,28,32H,3-4,8,11,13,15-16,18H2,1-2H3,(H,29,30,31)/t22-,24?/m1/s1. The summed E-state index contributed by atoms with van der Waals surface area (Å²) in [6.45, 7) is 7.20. The summed E-state index contributed by atoms with van der Waals surface area (Å²) in [6, 6.07) is 14.8. The molecule has 1 unspecified atom stereocenters. The van der Waals surface area contributed by atoms with E-state index in [-0.39, 0.29) is 5.75 Å². The number of aryl methyl sites for hydroxylation is 1. The fourth-order valence-corrected chi connectivity index (χ4v) is 5.81. The molecule has 2 aromatic carbocycles. The molecule has 0 bridgehead atoms. The first-order chi connectivity index (χ1) is 17.9. The number of hydrogen-bond donors (Lipinski definition) is 3.